The van der Waals surface area contributed by atoms with Gasteiger partial charge in [0, 0.05) is 14.1 Å². The van der Waals surface area contributed by atoms with Crippen LogP contribution in [0.5, 0.6) is 11.8 Å². The molecule has 0 radical (unpaired) electrons. The van der Waals surface area contributed by atoms with E-state index in [9.17, 15) is 9.59 Å². The molecular weight excluding hydrogens is 368 g/mol. The van der Waals surface area contributed by atoms with Crippen LogP contribution in [0, 0.1) is 13.8 Å². The van der Waals surface area contributed by atoms with E-state index in [-0.39, 0.29) is 6.01 Å². The minimum Gasteiger partial charge on any atom is -0.425 e. The number of nitrogens with zero attached hydrogens (tertiary/aromatic N) is 4. The molecule has 7 heteroatoms. The summed E-state index contributed by atoms with van der Waals surface area (Å²) in [6, 6.07) is 15.8. The van der Waals surface area contributed by atoms with Crippen molar-refractivity contribution in [3.05, 3.63) is 86.1 Å². The topological polar surface area (TPSA) is 71.1 Å². The molecule has 0 saturated heterocycles. The molecule has 0 aliphatic carbocycles. The SMILES string of the molecule is Cc1ccccc1Cn1c(Oc2ccccc2C)nc2c1c(=O)n(C)c(=O)n2C. The van der Waals surface area contributed by atoms with E-state index < -0.39 is 11.2 Å². The second-order valence-electron chi connectivity index (χ2n) is 7.15. The Balaban J connectivity index is 1.99. The highest BCUT2D eigenvalue weighted by Gasteiger charge is 2.21. The molecule has 2 heterocycles. The number of para-hydroxylation sites is 1. The largest absolute Gasteiger partial charge is 0.425 e. The zero-order chi connectivity index (χ0) is 20.7. The fourth-order valence-corrected chi connectivity index (χ4v) is 3.38. The van der Waals surface area contributed by atoms with Gasteiger partial charge in [-0.2, -0.15) is 4.98 Å². The Kier molecular flexibility index (Phi) is 4.58. The van der Waals surface area contributed by atoms with Gasteiger partial charge in [0.2, 0.25) is 0 Å². The Morgan fingerprint density at radius 3 is 2.24 bits per heavy atom. The van der Waals surface area contributed by atoms with Crippen LogP contribution in [-0.4, -0.2) is 18.7 Å². The second kappa shape index (κ2) is 7.09. The summed E-state index contributed by atoms with van der Waals surface area (Å²) in [6.07, 6.45) is 0. The monoisotopic (exact) mass is 390 g/mol. The molecule has 0 N–H and O–H groups in total. The molecule has 4 rings (SSSR count). The zero-order valence-electron chi connectivity index (χ0n) is 16.8. The summed E-state index contributed by atoms with van der Waals surface area (Å²) in [5.41, 5.74) is 2.89. The quantitative estimate of drug-likeness (QED) is 0.537. The lowest BCUT2D eigenvalue weighted by Crippen LogP contribution is -2.37. The molecule has 4 aromatic rings. The summed E-state index contributed by atoms with van der Waals surface area (Å²) in [7, 11) is 3.07. The summed E-state index contributed by atoms with van der Waals surface area (Å²) >= 11 is 0. The number of imidazole rings is 1. The van der Waals surface area contributed by atoms with Gasteiger partial charge in [-0.1, -0.05) is 42.5 Å². The number of ether oxygens (including phenoxy) is 1. The lowest BCUT2D eigenvalue weighted by Gasteiger charge is -2.12. The highest BCUT2D eigenvalue weighted by Crippen LogP contribution is 2.27. The van der Waals surface area contributed by atoms with Gasteiger partial charge in [-0.15, -0.1) is 0 Å². The van der Waals surface area contributed by atoms with Crippen LogP contribution in [0.2, 0.25) is 0 Å². The molecule has 0 aliphatic rings. The number of hydrogen-bond donors (Lipinski definition) is 0. The van der Waals surface area contributed by atoms with E-state index in [0.29, 0.717) is 23.5 Å². The first kappa shape index (κ1) is 18.7. The van der Waals surface area contributed by atoms with E-state index in [1.54, 1.807) is 11.6 Å². The van der Waals surface area contributed by atoms with Gasteiger partial charge in [-0.05, 0) is 36.6 Å². The Labute approximate surface area is 167 Å². The Morgan fingerprint density at radius 1 is 0.897 bits per heavy atom. The summed E-state index contributed by atoms with van der Waals surface area (Å²) in [5.74, 6) is 0.649. The van der Waals surface area contributed by atoms with E-state index in [2.05, 4.69) is 4.98 Å². The van der Waals surface area contributed by atoms with Crippen molar-refractivity contribution in [2.45, 2.75) is 20.4 Å². The number of fused-ring (bicyclic) bond motifs is 1. The molecule has 0 aliphatic heterocycles. The van der Waals surface area contributed by atoms with Crippen molar-refractivity contribution < 1.29 is 4.74 Å². The van der Waals surface area contributed by atoms with Gasteiger partial charge < -0.3 is 4.74 Å². The van der Waals surface area contributed by atoms with E-state index in [0.717, 1.165) is 21.3 Å². The van der Waals surface area contributed by atoms with Crippen LogP contribution in [0.3, 0.4) is 0 Å². The third-order valence-corrected chi connectivity index (χ3v) is 5.20. The van der Waals surface area contributed by atoms with Crippen molar-refractivity contribution in [3.63, 3.8) is 0 Å². The highest BCUT2D eigenvalue weighted by molar-refractivity contribution is 5.72. The minimum absolute atomic E-state index is 0.274. The van der Waals surface area contributed by atoms with Gasteiger partial charge in [0.25, 0.3) is 5.56 Å². The molecule has 29 heavy (non-hydrogen) atoms. The number of aromatic nitrogens is 4. The van der Waals surface area contributed by atoms with Crippen LogP contribution >= 0.6 is 0 Å². The lowest BCUT2D eigenvalue weighted by molar-refractivity contribution is 0.418. The third kappa shape index (κ3) is 3.14. The Bertz CT molecular complexity index is 1340. The van der Waals surface area contributed by atoms with Gasteiger partial charge in [-0.25, -0.2) is 4.79 Å². The molecule has 0 atom stereocenters. The smallest absolute Gasteiger partial charge is 0.332 e. The highest BCUT2D eigenvalue weighted by atomic mass is 16.5. The van der Waals surface area contributed by atoms with Crippen LogP contribution in [0.4, 0.5) is 0 Å². The minimum atomic E-state index is -0.425. The van der Waals surface area contributed by atoms with Crippen LogP contribution in [-0.2, 0) is 20.6 Å². The number of rotatable bonds is 4. The molecule has 2 aromatic heterocycles. The van der Waals surface area contributed by atoms with Crippen molar-refractivity contribution in [2.75, 3.05) is 0 Å². The molecule has 0 bridgehead atoms. The van der Waals surface area contributed by atoms with E-state index in [1.165, 1.54) is 11.6 Å². The fourth-order valence-electron chi connectivity index (χ4n) is 3.38. The maximum Gasteiger partial charge on any atom is 0.332 e. The molecule has 0 amide bonds. The normalized spacial score (nSPS) is 11.2. The van der Waals surface area contributed by atoms with Crippen molar-refractivity contribution in [3.8, 4) is 11.8 Å². The van der Waals surface area contributed by atoms with Crippen LogP contribution in [0.25, 0.3) is 11.2 Å². The fraction of sp³-hybridized carbons (Fsp3) is 0.227. The molecule has 0 unspecified atom stereocenters. The summed E-state index contributed by atoms with van der Waals surface area (Å²) < 4.78 is 10.3. The predicted molar refractivity (Wildman–Crippen MR) is 112 cm³/mol. The van der Waals surface area contributed by atoms with Crippen molar-refractivity contribution in [1.29, 1.82) is 0 Å². The molecule has 0 saturated carbocycles. The molecule has 148 valence electrons. The van der Waals surface area contributed by atoms with Gasteiger partial charge in [0.1, 0.15) is 5.75 Å². The maximum atomic E-state index is 13.0. The summed E-state index contributed by atoms with van der Waals surface area (Å²) in [4.78, 5) is 29.9. The van der Waals surface area contributed by atoms with Crippen molar-refractivity contribution in [2.24, 2.45) is 14.1 Å². The van der Waals surface area contributed by atoms with Gasteiger partial charge in [-0.3, -0.25) is 18.5 Å². The van der Waals surface area contributed by atoms with Crippen LogP contribution < -0.4 is 16.0 Å². The molecule has 2 aromatic carbocycles. The first-order valence-corrected chi connectivity index (χ1v) is 9.32. The Morgan fingerprint density at radius 2 is 1.55 bits per heavy atom. The number of hydrogen-bond acceptors (Lipinski definition) is 4. The number of aryl methyl sites for hydroxylation is 3. The molecule has 0 fully saturated rings. The number of benzene rings is 2. The first-order valence-electron chi connectivity index (χ1n) is 9.32. The van der Waals surface area contributed by atoms with Crippen molar-refractivity contribution >= 4 is 11.2 Å². The van der Waals surface area contributed by atoms with E-state index >= 15 is 0 Å². The summed E-state index contributed by atoms with van der Waals surface area (Å²) in [5, 5.41) is 0. The van der Waals surface area contributed by atoms with Gasteiger partial charge in [0.15, 0.2) is 11.2 Å². The average molecular weight is 390 g/mol. The van der Waals surface area contributed by atoms with Gasteiger partial charge in [0.05, 0.1) is 6.54 Å². The second-order valence-corrected chi connectivity index (χ2v) is 7.15. The maximum absolute atomic E-state index is 13.0. The van der Waals surface area contributed by atoms with Crippen LogP contribution in [0.15, 0.2) is 58.1 Å². The lowest BCUT2D eigenvalue weighted by atomic mass is 10.1. The van der Waals surface area contributed by atoms with Gasteiger partial charge >= 0.3 is 11.7 Å². The first-order chi connectivity index (χ1) is 13.9. The average Bonchev–Trinajstić information content (AvgIpc) is 3.06. The van der Waals surface area contributed by atoms with E-state index in [4.69, 9.17) is 4.74 Å². The molecule has 0 spiro atoms. The summed E-state index contributed by atoms with van der Waals surface area (Å²) in [6.45, 7) is 4.36. The predicted octanol–water partition coefficient (Wildman–Crippen LogP) is 2.89. The molecular formula is C22H22N4O3. The molecule has 7 nitrogen and oxygen atoms in total. The van der Waals surface area contributed by atoms with Crippen LogP contribution in [0.1, 0.15) is 16.7 Å². The van der Waals surface area contributed by atoms with Crippen molar-refractivity contribution in [1.82, 2.24) is 18.7 Å². The third-order valence-electron chi connectivity index (χ3n) is 5.20. The van der Waals surface area contributed by atoms with E-state index in [1.807, 2.05) is 62.4 Å². The zero-order valence-corrected chi connectivity index (χ0v) is 16.8. The standard InChI is InChI=1S/C22H22N4O3/c1-14-9-5-7-11-16(14)13-26-18-19(24(3)22(28)25(4)20(18)27)23-21(26)29-17-12-8-6-10-15(17)2/h5-12H,13H2,1-4H3. The Hall–Kier alpha value is -3.61.